The maximum absolute atomic E-state index is 11.9. The van der Waals surface area contributed by atoms with Crippen molar-refractivity contribution in [2.45, 2.75) is 25.5 Å². The Bertz CT molecular complexity index is 353. The molecule has 0 aromatic heterocycles. The first kappa shape index (κ1) is 12.9. The lowest BCUT2D eigenvalue weighted by atomic mass is 10.3. The zero-order valence-corrected chi connectivity index (χ0v) is 10.9. The molecule has 3 unspecified atom stereocenters. The maximum atomic E-state index is 11.9. The Morgan fingerprint density at radius 2 is 2.13 bits per heavy atom. The topological polar surface area (TPSA) is 63.4 Å². The fourth-order valence-electron chi connectivity index (χ4n) is 1.50. The highest BCUT2D eigenvalue weighted by molar-refractivity contribution is 7.92. The van der Waals surface area contributed by atoms with Gasteiger partial charge in [-0.15, -0.1) is 0 Å². The van der Waals surface area contributed by atoms with Gasteiger partial charge >= 0.3 is 0 Å². The molecule has 0 aliphatic heterocycles. The molecule has 1 saturated carbocycles. The lowest BCUT2D eigenvalue weighted by Crippen LogP contribution is -2.42. The van der Waals surface area contributed by atoms with Crippen molar-refractivity contribution in [2.75, 3.05) is 13.6 Å². The summed E-state index contributed by atoms with van der Waals surface area (Å²) in [7, 11) is -1.76. The molecule has 0 radical (unpaired) electrons. The van der Waals surface area contributed by atoms with Crippen LogP contribution in [-0.2, 0) is 10.0 Å². The first-order valence-electron chi connectivity index (χ1n) is 5.01. The van der Waals surface area contributed by atoms with Crippen LogP contribution >= 0.6 is 12.2 Å². The predicted molar refractivity (Wildman–Crippen MR) is 65.1 cm³/mol. The van der Waals surface area contributed by atoms with Crippen molar-refractivity contribution in [3.05, 3.63) is 0 Å². The van der Waals surface area contributed by atoms with Crippen LogP contribution in [0.3, 0.4) is 0 Å². The average molecular weight is 250 g/mol. The van der Waals surface area contributed by atoms with Gasteiger partial charge in [0.15, 0.2) is 0 Å². The minimum absolute atomic E-state index is 0.0331. The SMILES string of the molecule is CC1CC1CN(C)S(=O)(=O)C(C)C(N)=S. The minimum atomic E-state index is -3.35. The van der Waals surface area contributed by atoms with Crippen LogP contribution in [0.25, 0.3) is 0 Å². The molecule has 0 aromatic rings. The highest BCUT2D eigenvalue weighted by atomic mass is 32.2. The largest absolute Gasteiger partial charge is 0.392 e. The van der Waals surface area contributed by atoms with Gasteiger partial charge in [-0.3, -0.25) is 0 Å². The molecule has 1 rings (SSSR count). The number of rotatable bonds is 5. The van der Waals surface area contributed by atoms with E-state index < -0.39 is 15.3 Å². The molecule has 88 valence electrons. The van der Waals surface area contributed by atoms with Gasteiger partial charge < -0.3 is 5.73 Å². The predicted octanol–water partition coefficient (Wildman–Crippen LogP) is 0.579. The molecule has 1 aliphatic rings. The number of hydrogen-bond acceptors (Lipinski definition) is 3. The first-order valence-corrected chi connectivity index (χ1v) is 6.92. The van der Waals surface area contributed by atoms with E-state index in [9.17, 15) is 8.42 Å². The highest BCUT2D eigenvalue weighted by Gasteiger charge is 2.37. The zero-order valence-electron chi connectivity index (χ0n) is 9.30. The molecule has 0 amide bonds. The van der Waals surface area contributed by atoms with Gasteiger partial charge in [-0.2, -0.15) is 0 Å². The Morgan fingerprint density at radius 1 is 1.67 bits per heavy atom. The lowest BCUT2D eigenvalue weighted by molar-refractivity contribution is 0.442. The smallest absolute Gasteiger partial charge is 0.222 e. The number of thiocarbonyl (C=S) groups is 1. The molecule has 3 atom stereocenters. The van der Waals surface area contributed by atoms with Gasteiger partial charge in [0.05, 0.1) is 4.99 Å². The normalized spacial score (nSPS) is 27.7. The van der Waals surface area contributed by atoms with Gasteiger partial charge in [0.1, 0.15) is 5.25 Å². The second-order valence-corrected chi connectivity index (χ2v) is 7.17. The Labute approximate surface area is 96.9 Å². The van der Waals surface area contributed by atoms with Crippen LogP contribution in [-0.4, -0.2) is 36.6 Å². The summed E-state index contributed by atoms with van der Waals surface area (Å²) in [6.07, 6.45) is 1.11. The molecule has 2 N–H and O–H groups in total. The second kappa shape index (κ2) is 4.35. The maximum Gasteiger partial charge on any atom is 0.222 e. The summed E-state index contributed by atoms with van der Waals surface area (Å²) in [5.74, 6) is 1.14. The lowest BCUT2D eigenvalue weighted by Gasteiger charge is -2.21. The Balaban J connectivity index is 2.64. The molecule has 15 heavy (non-hydrogen) atoms. The summed E-state index contributed by atoms with van der Waals surface area (Å²) in [6, 6.07) is 0. The van der Waals surface area contributed by atoms with Crippen LogP contribution in [0.1, 0.15) is 20.3 Å². The summed E-state index contributed by atoms with van der Waals surface area (Å²) in [4.78, 5) is 0.0331. The quantitative estimate of drug-likeness (QED) is 0.725. The van der Waals surface area contributed by atoms with Crippen LogP contribution in [0.15, 0.2) is 0 Å². The Kier molecular flexibility index (Phi) is 3.73. The Hall–Kier alpha value is -0.200. The van der Waals surface area contributed by atoms with E-state index in [-0.39, 0.29) is 4.99 Å². The van der Waals surface area contributed by atoms with Gasteiger partial charge in [-0.1, -0.05) is 19.1 Å². The van der Waals surface area contributed by atoms with Gasteiger partial charge in [0, 0.05) is 13.6 Å². The molecule has 6 heteroatoms. The number of nitrogens with zero attached hydrogens (tertiary/aromatic N) is 1. The van der Waals surface area contributed by atoms with E-state index in [4.69, 9.17) is 18.0 Å². The molecule has 1 fully saturated rings. The van der Waals surface area contributed by atoms with Crippen LogP contribution in [0.4, 0.5) is 0 Å². The molecule has 0 saturated heterocycles. The van der Waals surface area contributed by atoms with Crippen molar-refractivity contribution in [1.82, 2.24) is 4.31 Å². The fourth-order valence-corrected chi connectivity index (χ4v) is 3.10. The van der Waals surface area contributed by atoms with Crippen molar-refractivity contribution < 1.29 is 8.42 Å². The summed E-state index contributed by atoms with van der Waals surface area (Å²) in [5.41, 5.74) is 5.36. The third-order valence-corrected chi connectivity index (χ3v) is 5.72. The summed E-state index contributed by atoms with van der Waals surface area (Å²) < 4.78 is 25.2. The van der Waals surface area contributed by atoms with Crippen LogP contribution in [0.2, 0.25) is 0 Å². The third-order valence-electron chi connectivity index (χ3n) is 3.05. The zero-order chi connectivity index (χ0) is 11.8. The van der Waals surface area contributed by atoms with E-state index >= 15 is 0 Å². The monoisotopic (exact) mass is 250 g/mol. The van der Waals surface area contributed by atoms with Gasteiger partial charge in [-0.05, 0) is 25.2 Å². The first-order chi connectivity index (χ1) is 6.76. The van der Waals surface area contributed by atoms with Crippen LogP contribution in [0, 0.1) is 11.8 Å². The van der Waals surface area contributed by atoms with Crippen molar-refractivity contribution in [2.24, 2.45) is 17.6 Å². The number of nitrogens with two attached hydrogens (primary N) is 1. The standard InChI is InChI=1S/C9H18N2O2S2/c1-6-4-8(6)5-11(3)15(12,13)7(2)9(10)14/h6-8H,4-5H2,1-3H3,(H2,10,14). The van der Waals surface area contributed by atoms with Crippen molar-refractivity contribution >= 4 is 27.2 Å². The van der Waals surface area contributed by atoms with Gasteiger partial charge in [0.2, 0.25) is 10.0 Å². The van der Waals surface area contributed by atoms with E-state index in [2.05, 4.69) is 6.92 Å². The second-order valence-electron chi connectivity index (χ2n) is 4.34. The molecule has 1 aliphatic carbocycles. The van der Waals surface area contributed by atoms with Crippen molar-refractivity contribution in [1.29, 1.82) is 0 Å². The van der Waals surface area contributed by atoms with E-state index in [0.29, 0.717) is 18.4 Å². The number of hydrogen-bond donors (Lipinski definition) is 1. The van der Waals surface area contributed by atoms with Crippen molar-refractivity contribution in [3.63, 3.8) is 0 Å². The van der Waals surface area contributed by atoms with E-state index in [0.717, 1.165) is 6.42 Å². The number of sulfonamides is 1. The fraction of sp³-hybridized carbons (Fsp3) is 0.889. The molecule has 0 bridgehead atoms. The van der Waals surface area contributed by atoms with Crippen molar-refractivity contribution in [3.8, 4) is 0 Å². The third kappa shape index (κ3) is 2.89. The molecular weight excluding hydrogens is 232 g/mol. The molecule has 0 spiro atoms. The Morgan fingerprint density at radius 3 is 2.47 bits per heavy atom. The van der Waals surface area contributed by atoms with Gasteiger partial charge in [-0.25, -0.2) is 12.7 Å². The molecule has 0 heterocycles. The van der Waals surface area contributed by atoms with E-state index in [1.54, 1.807) is 7.05 Å². The molecular formula is C9H18N2O2S2. The summed E-state index contributed by atoms with van der Waals surface area (Å²) in [5, 5.41) is -0.772. The van der Waals surface area contributed by atoms with Gasteiger partial charge in [0.25, 0.3) is 0 Å². The van der Waals surface area contributed by atoms with E-state index in [1.807, 2.05) is 0 Å². The van der Waals surface area contributed by atoms with Crippen LogP contribution in [0.5, 0.6) is 0 Å². The minimum Gasteiger partial charge on any atom is -0.392 e. The summed E-state index contributed by atoms with van der Waals surface area (Å²) >= 11 is 4.71. The average Bonchev–Trinajstić information content (AvgIpc) is 2.80. The van der Waals surface area contributed by atoms with Crippen LogP contribution < -0.4 is 5.73 Å². The van der Waals surface area contributed by atoms with E-state index in [1.165, 1.54) is 11.2 Å². The highest BCUT2D eigenvalue weighted by Crippen LogP contribution is 2.38. The molecule has 0 aromatic carbocycles. The summed E-state index contributed by atoms with van der Waals surface area (Å²) in [6.45, 7) is 4.24. The molecule has 4 nitrogen and oxygen atoms in total.